The Morgan fingerprint density at radius 2 is 1.62 bits per heavy atom. The van der Waals surface area contributed by atoms with Crippen LogP contribution in [-0.2, 0) is 4.74 Å². The Bertz CT molecular complexity index is 1350. The second-order valence-corrected chi connectivity index (χ2v) is 7.16. The zero-order valence-corrected chi connectivity index (χ0v) is 17.6. The predicted octanol–water partition coefficient (Wildman–Crippen LogP) is 4.82. The number of ether oxygens (including phenoxy) is 2. The van der Waals surface area contributed by atoms with Gasteiger partial charge in [0, 0.05) is 16.7 Å². The first-order chi connectivity index (χ1) is 15.5. The number of methoxy groups -OCH3 is 1. The van der Waals surface area contributed by atoms with Crippen molar-refractivity contribution < 1.29 is 23.5 Å². The molecule has 0 radical (unpaired) electrons. The number of fused-ring (bicyclic) bond motifs is 1. The van der Waals surface area contributed by atoms with Crippen LogP contribution in [0.3, 0.4) is 0 Å². The quantitative estimate of drug-likeness (QED) is 0.324. The minimum Gasteiger partial charge on any atom is -0.497 e. The Balaban J connectivity index is 1.64. The number of carbonyl (C=O) groups is 2. The van der Waals surface area contributed by atoms with Crippen LogP contribution in [-0.4, -0.2) is 25.5 Å². The molecule has 0 unspecified atom stereocenters. The van der Waals surface area contributed by atoms with Gasteiger partial charge in [-0.1, -0.05) is 36.4 Å². The van der Waals surface area contributed by atoms with E-state index in [1.54, 1.807) is 43.3 Å². The first kappa shape index (κ1) is 21.1. The Hall–Kier alpha value is -4.19. The molecule has 0 N–H and O–H groups in total. The second kappa shape index (κ2) is 8.89. The van der Waals surface area contributed by atoms with Gasteiger partial charge in [0.15, 0.2) is 23.4 Å². The van der Waals surface area contributed by atoms with Gasteiger partial charge in [0.05, 0.1) is 12.5 Å². The lowest BCUT2D eigenvalue weighted by atomic mass is 10.0. The molecule has 6 nitrogen and oxygen atoms in total. The molecule has 4 aromatic rings. The van der Waals surface area contributed by atoms with Gasteiger partial charge in [-0.15, -0.1) is 0 Å². The third-order valence-electron chi connectivity index (χ3n) is 5.15. The molecule has 0 bridgehead atoms. The van der Waals surface area contributed by atoms with Gasteiger partial charge < -0.3 is 13.9 Å². The van der Waals surface area contributed by atoms with E-state index in [1.165, 1.54) is 13.2 Å². The minimum atomic E-state index is -0.747. The van der Waals surface area contributed by atoms with Crippen LogP contribution in [0.4, 0.5) is 0 Å². The first-order valence-electron chi connectivity index (χ1n) is 9.96. The van der Waals surface area contributed by atoms with Crippen LogP contribution in [0.25, 0.3) is 22.3 Å². The van der Waals surface area contributed by atoms with Gasteiger partial charge in [-0.25, -0.2) is 4.79 Å². The summed E-state index contributed by atoms with van der Waals surface area (Å²) in [5.41, 5.74) is 1.55. The molecule has 0 aliphatic carbocycles. The molecule has 6 heteroatoms. The third kappa shape index (κ3) is 4.03. The summed E-state index contributed by atoms with van der Waals surface area (Å²) in [4.78, 5) is 38.1. The van der Waals surface area contributed by atoms with Crippen LogP contribution in [0.5, 0.6) is 5.75 Å². The van der Waals surface area contributed by atoms with Crippen molar-refractivity contribution in [3.05, 3.63) is 99.7 Å². The predicted molar refractivity (Wildman–Crippen MR) is 120 cm³/mol. The highest BCUT2D eigenvalue weighted by Gasteiger charge is 2.20. The van der Waals surface area contributed by atoms with Crippen molar-refractivity contribution in [3.8, 4) is 17.1 Å². The number of hydrogen-bond donors (Lipinski definition) is 0. The molecule has 0 saturated heterocycles. The molecule has 0 aliphatic heterocycles. The number of benzene rings is 3. The van der Waals surface area contributed by atoms with E-state index in [9.17, 15) is 14.4 Å². The summed E-state index contributed by atoms with van der Waals surface area (Å²) in [6, 6.07) is 20.4. The van der Waals surface area contributed by atoms with E-state index in [0.717, 1.165) is 5.56 Å². The summed E-state index contributed by atoms with van der Waals surface area (Å²) >= 11 is 0. The molecule has 1 aromatic heterocycles. The Morgan fingerprint density at radius 3 is 2.31 bits per heavy atom. The molecular formula is C26H20O6. The van der Waals surface area contributed by atoms with Crippen molar-refractivity contribution in [3.63, 3.8) is 0 Å². The Morgan fingerprint density at radius 1 is 0.906 bits per heavy atom. The summed E-state index contributed by atoms with van der Waals surface area (Å²) in [5.74, 6) is -0.0986. The zero-order valence-electron chi connectivity index (χ0n) is 17.6. The Kier molecular flexibility index (Phi) is 5.85. The maximum Gasteiger partial charge on any atom is 0.342 e. The largest absolute Gasteiger partial charge is 0.497 e. The van der Waals surface area contributed by atoms with Crippen molar-refractivity contribution in [1.29, 1.82) is 0 Å². The third-order valence-corrected chi connectivity index (χ3v) is 5.15. The molecular weight excluding hydrogens is 408 g/mol. The Labute approximate surface area is 184 Å². The van der Waals surface area contributed by atoms with Crippen LogP contribution < -0.4 is 10.2 Å². The second-order valence-electron chi connectivity index (χ2n) is 7.16. The average molecular weight is 428 g/mol. The SMILES string of the molecule is COc1ccc(C(=O)COC(=O)c2cccc3c(=O)c(C)c(-c4ccccc4)oc23)cc1. The van der Waals surface area contributed by atoms with Crippen LogP contribution in [0.15, 0.2) is 82.0 Å². The van der Waals surface area contributed by atoms with Crippen LogP contribution in [0.1, 0.15) is 26.3 Å². The topological polar surface area (TPSA) is 82.8 Å². The number of esters is 1. The van der Waals surface area contributed by atoms with Gasteiger partial charge in [-0.3, -0.25) is 9.59 Å². The lowest BCUT2D eigenvalue weighted by Crippen LogP contribution is -2.15. The highest BCUT2D eigenvalue weighted by molar-refractivity contribution is 6.04. The molecule has 0 aliphatic rings. The average Bonchev–Trinajstić information content (AvgIpc) is 2.84. The van der Waals surface area contributed by atoms with Gasteiger partial charge in [-0.05, 0) is 43.3 Å². The fourth-order valence-electron chi connectivity index (χ4n) is 3.40. The van der Waals surface area contributed by atoms with Crippen molar-refractivity contribution in [2.45, 2.75) is 6.92 Å². The summed E-state index contributed by atoms with van der Waals surface area (Å²) in [6.07, 6.45) is 0. The van der Waals surface area contributed by atoms with E-state index < -0.39 is 12.6 Å². The number of rotatable bonds is 6. The first-order valence-corrected chi connectivity index (χ1v) is 9.96. The van der Waals surface area contributed by atoms with Crippen LogP contribution in [0, 0.1) is 6.92 Å². The van der Waals surface area contributed by atoms with Gasteiger partial charge in [0.25, 0.3) is 0 Å². The molecule has 4 rings (SSSR count). The van der Waals surface area contributed by atoms with Gasteiger partial charge in [0.1, 0.15) is 17.1 Å². The van der Waals surface area contributed by atoms with Crippen LogP contribution >= 0.6 is 0 Å². The van der Waals surface area contributed by atoms with Gasteiger partial charge in [-0.2, -0.15) is 0 Å². The minimum absolute atomic E-state index is 0.0827. The van der Waals surface area contributed by atoms with Crippen molar-refractivity contribution in [2.24, 2.45) is 0 Å². The maximum absolute atomic E-state index is 12.9. The standard InChI is InChI=1S/C26H20O6/c1-16-23(28)20-9-6-10-21(25(20)32-24(16)18-7-4-3-5-8-18)26(29)31-15-22(27)17-11-13-19(30-2)14-12-17/h3-14H,15H2,1-2H3. The molecule has 1 heterocycles. The summed E-state index contributed by atoms with van der Waals surface area (Å²) in [6.45, 7) is 1.25. The van der Waals surface area contributed by atoms with E-state index in [2.05, 4.69) is 0 Å². The molecule has 0 amide bonds. The zero-order chi connectivity index (χ0) is 22.7. The number of hydrogen-bond acceptors (Lipinski definition) is 6. The fraction of sp³-hybridized carbons (Fsp3) is 0.115. The number of ketones is 1. The fourth-order valence-corrected chi connectivity index (χ4v) is 3.40. The highest BCUT2D eigenvalue weighted by atomic mass is 16.5. The van der Waals surface area contributed by atoms with Crippen LogP contribution in [0.2, 0.25) is 0 Å². The summed E-state index contributed by atoms with van der Waals surface area (Å²) < 4.78 is 16.3. The normalized spacial score (nSPS) is 10.7. The smallest absolute Gasteiger partial charge is 0.342 e. The lowest BCUT2D eigenvalue weighted by Gasteiger charge is -2.10. The number of Topliss-reactive ketones (excluding diaryl/α,β-unsaturated/α-hetero) is 1. The summed E-state index contributed by atoms with van der Waals surface area (Å²) in [7, 11) is 1.53. The summed E-state index contributed by atoms with van der Waals surface area (Å²) in [5, 5.41) is 0.276. The maximum atomic E-state index is 12.9. The number of para-hydroxylation sites is 1. The molecule has 0 saturated carbocycles. The molecule has 160 valence electrons. The molecule has 32 heavy (non-hydrogen) atoms. The molecule has 0 fully saturated rings. The van der Waals surface area contributed by atoms with E-state index >= 15 is 0 Å². The van der Waals surface area contributed by atoms with E-state index in [4.69, 9.17) is 13.9 Å². The molecule has 0 atom stereocenters. The van der Waals surface area contributed by atoms with E-state index in [0.29, 0.717) is 22.6 Å². The molecule has 3 aromatic carbocycles. The lowest BCUT2D eigenvalue weighted by molar-refractivity contribution is 0.0475. The number of carbonyl (C=O) groups excluding carboxylic acids is 2. The van der Waals surface area contributed by atoms with Crippen molar-refractivity contribution in [2.75, 3.05) is 13.7 Å². The van der Waals surface area contributed by atoms with Crippen molar-refractivity contribution in [1.82, 2.24) is 0 Å². The van der Waals surface area contributed by atoms with Gasteiger partial charge in [0.2, 0.25) is 0 Å². The molecule has 0 spiro atoms. The van der Waals surface area contributed by atoms with E-state index in [-0.39, 0.29) is 27.7 Å². The van der Waals surface area contributed by atoms with Gasteiger partial charge >= 0.3 is 5.97 Å². The van der Waals surface area contributed by atoms with Crippen molar-refractivity contribution >= 4 is 22.7 Å². The monoisotopic (exact) mass is 428 g/mol. The van der Waals surface area contributed by atoms with E-state index in [1.807, 2.05) is 30.3 Å². The highest BCUT2D eigenvalue weighted by Crippen LogP contribution is 2.27.